The molecule has 1 aromatic heterocycles. The lowest BCUT2D eigenvalue weighted by atomic mass is 9.89. The third-order valence-electron chi connectivity index (χ3n) is 4.68. The molecule has 6 heteroatoms. The number of amides is 1. The summed E-state index contributed by atoms with van der Waals surface area (Å²) in [6.45, 7) is 1.92. The molecular weight excluding hydrogens is 360 g/mol. The molecule has 3 rings (SSSR count). The number of nitrogens with one attached hydrogen (secondary N) is 2. The van der Waals surface area contributed by atoms with E-state index >= 15 is 0 Å². The average Bonchev–Trinajstić information content (AvgIpc) is 2.69. The summed E-state index contributed by atoms with van der Waals surface area (Å²) in [5.41, 5.74) is 3.80. The molecule has 0 bridgehead atoms. The van der Waals surface area contributed by atoms with Crippen LogP contribution in [0.4, 0.5) is 5.82 Å². The van der Waals surface area contributed by atoms with Crippen molar-refractivity contribution in [3.63, 3.8) is 0 Å². The van der Waals surface area contributed by atoms with Gasteiger partial charge in [-0.2, -0.15) is 5.26 Å². The van der Waals surface area contributed by atoms with Crippen LogP contribution < -0.4 is 10.6 Å². The summed E-state index contributed by atoms with van der Waals surface area (Å²) in [6, 6.07) is 11.5. The topological polar surface area (TPSA) is 77.8 Å². The highest BCUT2D eigenvalue weighted by molar-refractivity contribution is 6.30. The molecule has 5 nitrogen and oxygen atoms in total. The predicted molar refractivity (Wildman–Crippen MR) is 106 cm³/mol. The van der Waals surface area contributed by atoms with Gasteiger partial charge in [-0.25, -0.2) is 4.98 Å². The molecule has 1 aliphatic rings. The zero-order chi connectivity index (χ0) is 19.2. The van der Waals surface area contributed by atoms with Gasteiger partial charge in [-0.3, -0.25) is 4.79 Å². The second kappa shape index (κ2) is 8.70. The number of carbonyl (C=O) groups excluding carboxylic acids is 1. The third kappa shape index (κ3) is 4.87. The summed E-state index contributed by atoms with van der Waals surface area (Å²) in [6.07, 6.45) is 7.51. The van der Waals surface area contributed by atoms with Crippen LogP contribution in [-0.4, -0.2) is 10.9 Å². The van der Waals surface area contributed by atoms with Crippen LogP contribution in [0.25, 0.3) is 0 Å². The lowest BCUT2D eigenvalue weighted by Crippen LogP contribution is -2.28. The van der Waals surface area contributed by atoms with Crippen LogP contribution in [0, 0.1) is 11.3 Å². The monoisotopic (exact) mass is 380 g/mol. The Morgan fingerprint density at radius 1 is 1.26 bits per heavy atom. The molecule has 2 N–H and O–H groups in total. The Balaban J connectivity index is 1.66. The number of hydrogen-bond acceptors (Lipinski definition) is 4. The largest absolute Gasteiger partial charge is 0.345 e. The number of benzene rings is 1. The van der Waals surface area contributed by atoms with E-state index in [9.17, 15) is 10.1 Å². The molecule has 2 aromatic rings. The van der Waals surface area contributed by atoms with E-state index in [1.807, 2.05) is 13.0 Å². The van der Waals surface area contributed by atoms with Gasteiger partial charge < -0.3 is 10.6 Å². The first-order valence-corrected chi connectivity index (χ1v) is 9.35. The molecule has 0 fully saturated rings. The number of halogens is 1. The van der Waals surface area contributed by atoms with E-state index in [1.54, 1.807) is 12.1 Å². The fourth-order valence-electron chi connectivity index (χ4n) is 3.14. The molecule has 1 atom stereocenters. The number of rotatable bonds is 5. The first-order chi connectivity index (χ1) is 13.1. The summed E-state index contributed by atoms with van der Waals surface area (Å²) in [5.74, 6) is 0.0758. The van der Waals surface area contributed by atoms with Crippen molar-refractivity contribution in [2.24, 2.45) is 0 Å². The van der Waals surface area contributed by atoms with Crippen molar-refractivity contribution in [3.8, 4) is 6.07 Å². The number of anilines is 1. The minimum atomic E-state index is -0.427. The number of hydrogen-bond donors (Lipinski definition) is 2. The van der Waals surface area contributed by atoms with Crippen LogP contribution >= 0.6 is 11.6 Å². The van der Waals surface area contributed by atoms with Crippen molar-refractivity contribution in [2.45, 2.75) is 38.6 Å². The van der Waals surface area contributed by atoms with Gasteiger partial charge in [0, 0.05) is 12.4 Å². The number of nitrogens with zero attached hydrogens (tertiary/aromatic N) is 2. The zero-order valence-corrected chi connectivity index (χ0v) is 15.9. The molecule has 0 saturated heterocycles. The molecule has 0 aliphatic heterocycles. The number of carbonyl (C=O) groups is 1. The van der Waals surface area contributed by atoms with Gasteiger partial charge in [-0.1, -0.05) is 29.8 Å². The molecule has 27 heavy (non-hydrogen) atoms. The quantitative estimate of drug-likeness (QED) is 0.598. The lowest BCUT2D eigenvalue weighted by molar-refractivity contribution is -0.117. The second-order valence-corrected chi connectivity index (χ2v) is 7.04. The van der Waals surface area contributed by atoms with Crippen LogP contribution in [0.15, 0.2) is 48.3 Å². The molecule has 1 aliphatic carbocycles. The van der Waals surface area contributed by atoms with E-state index in [4.69, 9.17) is 11.6 Å². The maximum Gasteiger partial charge on any atom is 0.263 e. The summed E-state index contributed by atoms with van der Waals surface area (Å²) < 4.78 is 0. The van der Waals surface area contributed by atoms with E-state index in [2.05, 4.69) is 33.8 Å². The highest BCUT2D eigenvalue weighted by Gasteiger charge is 2.16. The second-order valence-electron chi connectivity index (χ2n) is 6.61. The van der Waals surface area contributed by atoms with Gasteiger partial charge in [0.2, 0.25) is 0 Å². The van der Waals surface area contributed by atoms with Crippen molar-refractivity contribution in [3.05, 3.63) is 70.0 Å². The van der Waals surface area contributed by atoms with E-state index in [0.29, 0.717) is 10.8 Å². The Hall–Kier alpha value is -2.84. The minimum Gasteiger partial charge on any atom is -0.345 e. The van der Waals surface area contributed by atoms with Crippen LogP contribution in [0.5, 0.6) is 0 Å². The number of aryl methyl sites for hydroxylation is 2. The Labute approximate surface area is 164 Å². The van der Waals surface area contributed by atoms with E-state index < -0.39 is 5.91 Å². The maximum atomic E-state index is 12.4. The van der Waals surface area contributed by atoms with Crippen molar-refractivity contribution in [2.75, 3.05) is 5.32 Å². The number of fused-ring (bicyclic) bond motifs is 1. The van der Waals surface area contributed by atoms with Crippen LogP contribution in [-0.2, 0) is 17.6 Å². The summed E-state index contributed by atoms with van der Waals surface area (Å²) in [5, 5.41) is 15.5. The minimum absolute atomic E-state index is 0.0171. The van der Waals surface area contributed by atoms with Gasteiger partial charge in [-0.15, -0.1) is 0 Å². The average molecular weight is 381 g/mol. The van der Waals surface area contributed by atoms with Crippen molar-refractivity contribution >= 4 is 23.3 Å². The van der Waals surface area contributed by atoms with Gasteiger partial charge >= 0.3 is 0 Å². The van der Waals surface area contributed by atoms with Gasteiger partial charge in [0.15, 0.2) is 0 Å². The van der Waals surface area contributed by atoms with Gasteiger partial charge in [-0.05, 0) is 61.4 Å². The van der Waals surface area contributed by atoms with Gasteiger partial charge in [0.05, 0.1) is 11.1 Å². The summed E-state index contributed by atoms with van der Waals surface area (Å²) in [7, 11) is 0. The third-order valence-corrected chi connectivity index (χ3v) is 4.90. The van der Waals surface area contributed by atoms with Gasteiger partial charge in [0.25, 0.3) is 5.91 Å². The molecule has 1 amide bonds. The molecule has 0 radical (unpaired) electrons. The Morgan fingerprint density at radius 3 is 2.74 bits per heavy atom. The maximum absolute atomic E-state index is 12.4. The first-order valence-electron chi connectivity index (χ1n) is 8.98. The molecular formula is C21H21ClN4O. The molecule has 1 heterocycles. The summed E-state index contributed by atoms with van der Waals surface area (Å²) in [4.78, 5) is 16.5. The molecule has 1 unspecified atom stereocenters. The fraction of sp³-hybridized carbons (Fsp3) is 0.286. The number of pyridine rings is 1. The standard InChI is InChI=1S/C21H21ClN4O/c1-14(16-7-6-15-4-2-3-5-17(15)10-16)26-21(27)18(11-23)12-24-20-9-8-19(22)13-25-20/h6-10,12-14H,2-5H2,1H3,(H,24,25)(H,26,27)/b18-12-. The zero-order valence-electron chi connectivity index (χ0n) is 15.1. The predicted octanol–water partition coefficient (Wildman–Crippen LogP) is 4.31. The van der Waals surface area contributed by atoms with Crippen molar-refractivity contribution in [1.82, 2.24) is 10.3 Å². The SMILES string of the molecule is CC(NC(=O)/C(C#N)=C\Nc1ccc(Cl)cn1)c1ccc2c(c1)CCCC2. The first kappa shape index (κ1) is 18.9. The number of nitriles is 1. The van der Waals surface area contributed by atoms with E-state index in [0.717, 1.165) is 18.4 Å². The van der Waals surface area contributed by atoms with E-state index in [-0.39, 0.29) is 11.6 Å². The lowest BCUT2D eigenvalue weighted by Gasteiger charge is -2.20. The highest BCUT2D eigenvalue weighted by atomic mass is 35.5. The molecule has 138 valence electrons. The van der Waals surface area contributed by atoms with Crippen LogP contribution in [0.3, 0.4) is 0 Å². The van der Waals surface area contributed by atoms with Crippen LogP contribution in [0.1, 0.15) is 42.5 Å². The van der Waals surface area contributed by atoms with Crippen molar-refractivity contribution in [1.29, 1.82) is 5.26 Å². The Morgan fingerprint density at radius 2 is 2.04 bits per heavy atom. The smallest absolute Gasteiger partial charge is 0.263 e. The fourth-order valence-corrected chi connectivity index (χ4v) is 3.25. The van der Waals surface area contributed by atoms with Gasteiger partial charge in [0.1, 0.15) is 17.5 Å². The van der Waals surface area contributed by atoms with Crippen molar-refractivity contribution < 1.29 is 4.79 Å². The number of aromatic nitrogens is 1. The Bertz CT molecular complexity index is 899. The Kier molecular flexibility index (Phi) is 6.10. The van der Waals surface area contributed by atoms with Crippen LogP contribution in [0.2, 0.25) is 5.02 Å². The molecule has 0 spiro atoms. The molecule has 0 saturated carbocycles. The highest BCUT2D eigenvalue weighted by Crippen LogP contribution is 2.25. The summed E-state index contributed by atoms with van der Waals surface area (Å²) >= 11 is 5.79. The normalized spacial score (nSPS) is 14.6. The molecule has 1 aromatic carbocycles. The van der Waals surface area contributed by atoms with E-state index in [1.165, 1.54) is 36.4 Å².